The van der Waals surface area contributed by atoms with Gasteiger partial charge in [-0.15, -0.1) is 0 Å². The Morgan fingerprint density at radius 1 is 1.22 bits per heavy atom. The van der Waals surface area contributed by atoms with Gasteiger partial charge in [-0.25, -0.2) is 0 Å². The molecule has 0 spiro atoms. The van der Waals surface area contributed by atoms with Crippen molar-refractivity contribution in [3.8, 4) is 5.75 Å². The van der Waals surface area contributed by atoms with Crippen LogP contribution in [0.5, 0.6) is 5.75 Å². The number of aliphatic hydroxyl groups is 1. The normalized spacial score (nSPS) is 18.9. The molecule has 5 heteroatoms. The summed E-state index contributed by atoms with van der Waals surface area (Å²) in [4.78, 5) is 0. The Labute approximate surface area is 103 Å². The Morgan fingerprint density at radius 2 is 1.83 bits per heavy atom. The van der Waals surface area contributed by atoms with Crippen LogP contribution in [0.1, 0.15) is 36.8 Å². The quantitative estimate of drug-likeness (QED) is 0.882. The predicted molar refractivity (Wildman–Crippen MR) is 60.4 cm³/mol. The maximum Gasteiger partial charge on any atom is 0.416 e. The predicted octanol–water partition coefficient (Wildman–Crippen LogP) is 3.48. The molecule has 1 aliphatic rings. The smallest absolute Gasteiger partial charge is 0.416 e. The summed E-state index contributed by atoms with van der Waals surface area (Å²) in [6, 6.07) is 3.27. The van der Waals surface area contributed by atoms with Gasteiger partial charge in [-0.05, 0) is 25.0 Å². The topological polar surface area (TPSA) is 29.5 Å². The molecule has 0 heterocycles. The minimum atomic E-state index is -4.40. The van der Waals surface area contributed by atoms with Crippen LogP contribution < -0.4 is 4.74 Å². The van der Waals surface area contributed by atoms with E-state index < -0.39 is 17.3 Å². The van der Waals surface area contributed by atoms with Crippen molar-refractivity contribution in [2.24, 2.45) is 0 Å². The van der Waals surface area contributed by atoms with Crippen LogP contribution in [-0.2, 0) is 11.8 Å². The Bertz CT molecular complexity index is 434. The van der Waals surface area contributed by atoms with Crippen molar-refractivity contribution in [1.29, 1.82) is 0 Å². The van der Waals surface area contributed by atoms with Gasteiger partial charge < -0.3 is 9.84 Å². The van der Waals surface area contributed by atoms with Gasteiger partial charge in [0, 0.05) is 5.56 Å². The second-order valence-corrected chi connectivity index (χ2v) is 4.65. The summed E-state index contributed by atoms with van der Waals surface area (Å²) in [6.45, 7) is 0. The number of methoxy groups -OCH3 is 1. The number of hydrogen-bond donors (Lipinski definition) is 1. The monoisotopic (exact) mass is 260 g/mol. The van der Waals surface area contributed by atoms with Crippen LogP contribution in [0.25, 0.3) is 0 Å². The fraction of sp³-hybridized carbons (Fsp3) is 0.538. The van der Waals surface area contributed by atoms with Crippen LogP contribution in [0.4, 0.5) is 13.2 Å². The minimum absolute atomic E-state index is 0.106. The number of rotatable bonds is 2. The van der Waals surface area contributed by atoms with Crippen molar-refractivity contribution in [1.82, 2.24) is 0 Å². The molecule has 0 unspecified atom stereocenters. The van der Waals surface area contributed by atoms with Crippen LogP contribution in [0, 0.1) is 0 Å². The molecular formula is C13H15F3O2. The van der Waals surface area contributed by atoms with Gasteiger partial charge in [0.2, 0.25) is 0 Å². The van der Waals surface area contributed by atoms with Crippen molar-refractivity contribution >= 4 is 0 Å². The number of alkyl halides is 3. The third-order valence-electron chi connectivity index (χ3n) is 3.46. The molecule has 18 heavy (non-hydrogen) atoms. The average molecular weight is 260 g/mol. The third kappa shape index (κ3) is 2.32. The summed E-state index contributed by atoms with van der Waals surface area (Å²) < 4.78 is 42.8. The first kappa shape index (κ1) is 13.2. The first-order valence-electron chi connectivity index (χ1n) is 5.85. The van der Waals surface area contributed by atoms with Crippen LogP contribution in [0.3, 0.4) is 0 Å². The van der Waals surface area contributed by atoms with Gasteiger partial charge in [-0.1, -0.05) is 18.9 Å². The van der Waals surface area contributed by atoms with E-state index in [2.05, 4.69) is 0 Å². The van der Waals surface area contributed by atoms with Crippen molar-refractivity contribution in [3.63, 3.8) is 0 Å². The molecule has 0 saturated heterocycles. The first-order valence-corrected chi connectivity index (χ1v) is 5.85. The summed E-state index contributed by atoms with van der Waals surface area (Å²) in [6.07, 6.45) is -1.52. The lowest BCUT2D eigenvalue weighted by molar-refractivity contribution is -0.137. The molecule has 1 fully saturated rings. The summed E-state index contributed by atoms with van der Waals surface area (Å²) in [5, 5.41) is 10.4. The van der Waals surface area contributed by atoms with E-state index in [0.717, 1.165) is 25.0 Å². The fourth-order valence-corrected chi connectivity index (χ4v) is 2.48. The van der Waals surface area contributed by atoms with E-state index in [0.29, 0.717) is 18.4 Å². The number of ether oxygens (including phenoxy) is 1. The highest BCUT2D eigenvalue weighted by atomic mass is 19.4. The highest BCUT2D eigenvalue weighted by Gasteiger charge is 2.37. The molecule has 0 aliphatic heterocycles. The van der Waals surface area contributed by atoms with E-state index in [-0.39, 0.29) is 5.75 Å². The molecule has 100 valence electrons. The zero-order valence-electron chi connectivity index (χ0n) is 10.0. The van der Waals surface area contributed by atoms with Gasteiger partial charge in [-0.3, -0.25) is 0 Å². The molecule has 0 radical (unpaired) electrons. The SMILES string of the molecule is COc1cc(C(F)(F)F)ccc1C1(O)CCCC1. The molecule has 1 N–H and O–H groups in total. The van der Waals surface area contributed by atoms with Crippen LogP contribution in [-0.4, -0.2) is 12.2 Å². The van der Waals surface area contributed by atoms with E-state index in [1.54, 1.807) is 0 Å². The summed E-state index contributed by atoms with van der Waals surface area (Å²) in [7, 11) is 1.32. The standard InChI is InChI=1S/C13H15F3O2/c1-18-11-8-9(13(14,15)16)4-5-10(11)12(17)6-2-3-7-12/h4-5,8,17H,2-3,6-7H2,1H3. The largest absolute Gasteiger partial charge is 0.496 e. The fourth-order valence-electron chi connectivity index (χ4n) is 2.48. The number of benzene rings is 1. The van der Waals surface area contributed by atoms with E-state index in [1.165, 1.54) is 13.2 Å². The zero-order valence-corrected chi connectivity index (χ0v) is 10.0. The van der Waals surface area contributed by atoms with Crippen LogP contribution in [0.2, 0.25) is 0 Å². The Morgan fingerprint density at radius 3 is 2.33 bits per heavy atom. The van der Waals surface area contributed by atoms with E-state index in [4.69, 9.17) is 4.74 Å². The van der Waals surface area contributed by atoms with Gasteiger partial charge in [-0.2, -0.15) is 13.2 Å². The van der Waals surface area contributed by atoms with E-state index in [9.17, 15) is 18.3 Å². The molecule has 0 atom stereocenters. The van der Waals surface area contributed by atoms with E-state index in [1.807, 2.05) is 0 Å². The van der Waals surface area contributed by atoms with Crippen molar-refractivity contribution < 1.29 is 23.0 Å². The number of halogens is 3. The van der Waals surface area contributed by atoms with Gasteiger partial charge in [0.05, 0.1) is 18.3 Å². The second kappa shape index (κ2) is 4.46. The van der Waals surface area contributed by atoms with Gasteiger partial charge in [0.15, 0.2) is 0 Å². The molecule has 1 aliphatic carbocycles. The van der Waals surface area contributed by atoms with Crippen molar-refractivity contribution in [2.75, 3.05) is 7.11 Å². The van der Waals surface area contributed by atoms with Gasteiger partial charge >= 0.3 is 6.18 Å². The molecular weight excluding hydrogens is 245 g/mol. The third-order valence-corrected chi connectivity index (χ3v) is 3.46. The van der Waals surface area contributed by atoms with Gasteiger partial charge in [0.1, 0.15) is 5.75 Å². The molecule has 2 rings (SSSR count). The summed E-state index contributed by atoms with van der Waals surface area (Å²) in [5.74, 6) is 0.106. The second-order valence-electron chi connectivity index (χ2n) is 4.65. The maximum absolute atomic E-state index is 12.6. The van der Waals surface area contributed by atoms with Crippen molar-refractivity contribution in [2.45, 2.75) is 37.5 Å². The Hall–Kier alpha value is -1.23. The molecule has 1 saturated carbocycles. The Balaban J connectivity index is 2.43. The minimum Gasteiger partial charge on any atom is -0.496 e. The molecule has 1 aromatic rings. The average Bonchev–Trinajstić information content (AvgIpc) is 2.75. The molecule has 2 nitrogen and oxygen atoms in total. The maximum atomic E-state index is 12.6. The van der Waals surface area contributed by atoms with Crippen LogP contribution >= 0.6 is 0 Å². The first-order chi connectivity index (χ1) is 8.37. The highest BCUT2D eigenvalue weighted by Crippen LogP contribution is 2.44. The zero-order chi connectivity index (χ0) is 13.4. The summed E-state index contributed by atoms with van der Waals surface area (Å²) >= 11 is 0. The highest BCUT2D eigenvalue weighted by molar-refractivity contribution is 5.42. The lowest BCUT2D eigenvalue weighted by atomic mass is 9.90. The van der Waals surface area contributed by atoms with E-state index >= 15 is 0 Å². The lowest BCUT2D eigenvalue weighted by Gasteiger charge is -2.25. The summed E-state index contributed by atoms with van der Waals surface area (Å²) in [5.41, 5.74) is -1.35. The van der Waals surface area contributed by atoms with Gasteiger partial charge in [0.25, 0.3) is 0 Å². The molecule has 0 amide bonds. The Kier molecular flexibility index (Phi) is 3.27. The molecule has 1 aromatic carbocycles. The molecule has 0 aromatic heterocycles. The molecule has 0 bridgehead atoms. The number of hydrogen-bond acceptors (Lipinski definition) is 2. The van der Waals surface area contributed by atoms with Crippen LogP contribution in [0.15, 0.2) is 18.2 Å². The van der Waals surface area contributed by atoms with Crippen molar-refractivity contribution in [3.05, 3.63) is 29.3 Å². The lowest BCUT2D eigenvalue weighted by Crippen LogP contribution is -2.22.